The highest BCUT2D eigenvalue weighted by Gasteiger charge is 2.31. The first kappa shape index (κ1) is 21.5. The molecule has 0 atom stereocenters. The van der Waals surface area contributed by atoms with Crippen molar-refractivity contribution >= 4 is 38.2 Å². The Morgan fingerprint density at radius 3 is 2.38 bits per heavy atom. The van der Waals surface area contributed by atoms with E-state index in [0.717, 1.165) is 32.1 Å². The molecule has 1 fully saturated rings. The van der Waals surface area contributed by atoms with Crippen LogP contribution in [0.25, 0.3) is 0 Å². The van der Waals surface area contributed by atoms with Crippen LogP contribution in [0.5, 0.6) is 0 Å². The molecule has 3 rings (SSSR count). The van der Waals surface area contributed by atoms with Crippen molar-refractivity contribution in [3.63, 3.8) is 0 Å². The molecule has 156 valence electrons. The van der Waals surface area contributed by atoms with E-state index in [4.69, 9.17) is 5.73 Å². The van der Waals surface area contributed by atoms with Crippen molar-refractivity contribution in [2.24, 2.45) is 5.73 Å². The molecule has 2 aromatic rings. The molecule has 0 saturated heterocycles. The van der Waals surface area contributed by atoms with E-state index >= 15 is 0 Å². The Kier molecular flexibility index (Phi) is 6.71. The van der Waals surface area contributed by atoms with E-state index in [1.165, 1.54) is 35.6 Å². The number of thiophene rings is 1. The van der Waals surface area contributed by atoms with Gasteiger partial charge in [0.25, 0.3) is 11.8 Å². The van der Waals surface area contributed by atoms with E-state index in [-0.39, 0.29) is 16.5 Å². The molecular weight excluding hydrogens is 410 g/mol. The van der Waals surface area contributed by atoms with Crippen LogP contribution in [0.4, 0.5) is 5.00 Å². The lowest BCUT2D eigenvalue weighted by Crippen LogP contribution is -2.41. The average Bonchev–Trinajstić information content (AvgIpc) is 3.17. The van der Waals surface area contributed by atoms with Crippen molar-refractivity contribution < 1.29 is 18.0 Å². The Bertz CT molecular complexity index is 977. The number of sulfonamides is 1. The summed E-state index contributed by atoms with van der Waals surface area (Å²) < 4.78 is 27.8. The van der Waals surface area contributed by atoms with Gasteiger partial charge in [-0.15, -0.1) is 11.3 Å². The molecule has 1 aromatic heterocycles. The van der Waals surface area contributed by atoms with Crippen molar-refractivity contribution in [2.75, 3.05) is 11.9 Å². The predicted molar refractivity (Wildman–Crippen MR) is 114 cm³/mol. The van der Waals surface area contributed by atoms with Gasteiger partial charge in [-0.1, -0.05) is 26.2 Å². The van der Waals surface area contributed by atoms with Crippen LogP contribution in [-0.4, -0.2) is 37.1 Å². The van der Waals surface area contributed by atoms with Crippen molar-refractivity contribution in [3.8, 4) is 0 Å². The van der Waals surface area contributed by atoms with Crippen molar-refractivity contribution in [2.45, 2.75) is 50.0 Å². The number of carbonyl (C=O) groups excluding carboxylic acids is 2. The molecule has 1 aliphatic carbocycles. The molecule has 0 spiro atoms. The van der Waals surface area contributed by atoms with Gasteiger partial charge in [-0.25, -0.2) is 8.42 Å². The Labute approximate surface area is 175 Å². The summed E-state index contributed by atoms with van der Waals surface area (Å²) in [6, 6.07) is 7.46. The Balaban J connectivity index is 1.77. The highest BCUT2D eigenvalue weighted by molar-refractivity contribution is 7.89. The van der Waals surface area contributed by atoms with Crippen molar-refractivity contribution in [3.05, 3.63) is 46.8 Å². The maximum Gasteiger partial charge on any atom is 0.256 e. The zero-order chi connectivity index (χ0) is 21.0. The number of benzene rings is 1. The van der Waals surface area contributed by atoms with E-state index in [9.17, 15) is 18.0 Å². The maximum atomic E-state index is 13.1. The lowest BCUT2D eigenvalue weighted by atomic mass is 9.95. The normalized spacial score (nSPS) is 15.4. The third-order valence-corrected chi connectivity index (χ3v) is 8.05. The number of carbonyl (C=O) groups is 2. The molecule has 0 unspecified atom stereocenters. The lowest BCUT2D eigenvalue weighted by molar-refractivity contribution is 0.100. The van der Waals surface area contributed by atoms with Crippen LogP contribution in [0.2, 0.25) is 0 Å². The van der Waals surface area contributed by atoms with E-state index in [0.29, 0.717) is 17.1 Å². The Morgan fingerprint density at radius 1 is 1.14 bits per heavy atom. The van der Waals surface area contributed by atoms with Crippen molar-refractivity contribution in [1.82, 2.24) is 4.31 Å². The molecule has 1 aromatic carbocycles. The summed E-state index contributed by atoms with van der Waals surface area (Å²) in [4.78, 5) is 24.0. The molecule has 1 heterocycles. The summed E-state index contributed by atoms with van der Waals surface area (Å²) >= 11 is 1.20. The highest BCUT2D eigenvalue weighted by atomic mass is 32.2. The quantitative estimate of drug-likeness (QED) is 0.694. The number of hydrogen-bond donors (Lipinski definition) is 2. The second-order valence-corrected chi connectivity index (χ2v) is 9.81. The van der Waals surface area contributed by atoms with Gasteiger partial charge in [0, 0.05) is 18.2 Å². The zero-order valence-electron chi connectivity index (χ0n) is 16.3. The van der Waals surface area contributed by atoms with Crippen LogP contribution < -0.4 is 11.1 Å². The molecule has 7 nitrogen and oxygen atoms in total. The van der Waals surface area contributed by atoms with Gasteiger partial charge in [0.05, 0.1) is 10.5 Å². The largest absolute Gasteiger partial charge is 0.366 e. The van der Waals surface area contributed by atoms with E-state index in [1.54, 1.807) is 15.8 Å². The SMILES string of the molecule is CCN(C1CCCCC1)S(=O)(=O)c1ccc(C(=O)Nc2sccc2C(N)=O)cc1. The average molecular weight is 436 g/mol. The number of primary amides is 1. The minimum Gasteiger partial charge on any atom is -0.366 e. The monoisotopic (exact) mass is 435 g/mol. The lowest BCUT2D eigenvalue weighted by Gasteiger charge is -2.32. The van der Waals surface area contributed by atoms with Gasteiger partial charge < -0.3 is 11.1 Å². The standard InChI is InChI=1S/C20H25N3O4S2/c1-2-23(15-6-4-3-5-7-15)29(26,27)16-10-8-14(9-11-16)19(25)22-20-17(18(21)24)12-13-28-20/h8-13,15H,2-7H2,1H3,(H2,21,24)(H,22,25). The van der Waals surface area contributed by atoms with Gasteiger partial charge in [0.2, 0.25) is 10.0 Å². The van der Waals surface area contributed by atoms with Gasteiger partial charge in [-0.2, -0.15) is 4.31 Å². The third-order valence-electron chi connectivity index (χ3n) is 5.17. The van der Waals surface area contributed by atoms with E-state index < -0.39 is 21.8 Å². The van der Waals surface area contributed by atoms with Gasteiger partial charge in [0.15, 0.2) is 0 Å². The topological polar surface area (TPSA) is 110 Å². The molecule has 0 bridgehead atoms. The number of amides is 2. The second-order valence-electron chi connectivity index (χ2n) is 7.01. The van der Waals surface area contributed by atoms with Crippen LogP contribution >= 0.6 is 11.3 Å². The summed E-state index contributed by atoms with van der Waals surface area (Å²) in [7, 11) is -3.62. The number of nitrogens with zero attached hydrogens (tertiary/aromatic N) is 1. The number of rotatable bonds is 7. The Morgan fingerprint density at radius 2 is 1.79 bits per heavy atom. The first-order valence-electron chi connectivity index (χ1n) is 9.65. The molecule has 1 saturated carbocycles. The first-order valence-corrected chi connectivity index (χ1v) is 12.0. The summed E-state index contributed by atoms with van der Waals surface area (Å²) in [6.07, 6.45) is 5.02. The van der Waals surface area contributed by atoms with Crippen molar-refractivity contribution in [1.29, 1.82) is 0 Å². The van der Waals surface area contributed by atoms with E-state index in [2.05, 4.69) is 5.32 Å². The summed E-state index contributed by atoms with van der Waals surface area (Å²) in [5.74, 6) is -1.05. The van der Waals surface area contributed by atoms with Gasteiger partial charge >= 0.3 is 0 Å². The number of hydrogen-bond acceptors (Lipinski definition) is 5. The van der Waals surface area contributed by atoms with Crippen LogP contribution in [0.15, 0.2) is 40.6 Å². The fourth-order valence-electron chi connectivity index (χ4n) is 3.68. The Hall–Kier alpha value is -2.23. The predicted octanol–water partition coefficient (Wildman–Crippen LogP) is 3.44. The smallest absolute Gasteiger partial charge is 0.256 e. The molecule has 1 aliphatic rings. The molecule has 29 heavy (non-hydrogen) atoms. The van der Waals surface area contributed by atoms with Gasteiger partial charge in [-0.05, 0) is 48.6 Å². The van der Waals surface area contributed by atoms with Gasteiger partial charge in [-0.3, -0.25) is 9.59 Å². The number of nitrogens with two attached hydrogens (primary N) is 1. The minimum absolute atomic E-state index is 0.0350. The second kappa shape index (κ2) is 9.06. The molecule has 0 aliphatic heterocycles. The van der Waals surface area contributed by atoms with Crippen LogP contribution in [0.1, 0.15) is 59.7 Å². The molecule has 0 radical (unpaired) electrons. The molecule has 3 N–H and O–H groups in total. The van der Waals surface area contributed by atoms with E-state index in [1.807, 2.05) is 6.92 Å². The number of nitrogens with one attached hydrogen (secondary N) is 1. The molecule has 9 heteroatoms. The zero-order valence-corrected chi connectivity index (χ0v) is 17.9. The summed E-state index contributed by atoms with van der Waals surface area (Å²) in [5.41, 5.74) is 5.83. The molecule has 2 amide bonds. The minimum atomic E-state index is -3.62. The molecular formula is C20H25N3O4S2. The first-order chi connectivity index (χ1) is 13.8. The van der Waals surface area contributed by atoms with Crippen LogP contribution in [0, 0.1) is 0 Å². The fraction of sp³-hybridized carbons (Fsp3) is 0.400. The maximum absolute atomic E-state index is 13.1. The van der Waals surface area contributed by atoms with Gasteiger partial charge in [0.1, 0.15) is 5.00 Å². The van der Waals surface area contributed by atoms with Crippen LogP contribution in [-0.2, 0) is 10.0 Å². The highest BCUT2D eigenvalue weighted by Crippen LogP contribution is 2.28. The third kappa shape index (κ3) is 4.68. The summed E-state index contributed by atoms with van der Waals surface area (Å²) in [6.45, 7) is 2.27. The number of anilines is 1. The fourth-order valence-corrected chi connectivity index (χ4v) is 6.16. The van der Waals surface area contributed by atoms with Crippen LogP contribution in [0.3, 0.4) is 0 Å². The summed E-state index contributed by atoms with van der Waals surface area (Å²) in [5, 5.41) is 4.68.